The molecular weight excluding hydrogens is 337 g/mol. The molecule has 1 saturated carbocycles. The predicted octanol–water partition coefficient (Wildman–Crippen LogP) is 2.81. The Morgan fingerprint density at radius 1 is 1.19 bits per heavy atom. The van der Waals surface area contributed by atoms with Gasteiger partial charge in [0, 0.05) is 6.04 Å². The summed E-state index contributed by atoms with van der Waals surface area (Å²) in [6.07, 6.45) is 5.33. The van der Waals surface area contributed by atoms with Crippen LogP contribution in [-0.4, -0.2) is 34.6 Å². The topological polar surface area (TPSA) is 73.3 Å². The minimum absolute atomic E-state index is 0.00466. The summed E-state index contributed by atoms with van der Waals surface area (Å²) >= 11 is 0. The van der Waals surface area contributed by atoms with Gasteiger partial charge in [0.2, 0.25) is 0 Å². The van der Waals surface area contributed by atoms with Crippen LogP contribution in [0.3, 0.4) is 0 Å². The van der Waals surface area contributed by atoms with Gasteiger partial charge in [0.1, 0.15) is 11.9 Å². The molecule has 0 unspecified atom stereocenters. The lowest BCUT2D eigenvalue weighted by Crippen LogP contribution is -2.41. The fraction of sp³-hybridized carbons (Fsp3) is 0.421. The number of halogens is 1. The number of hydrogen-bond donors (Lipinski definition) is 1. The second-order valence-electron chi connectivity index (χ2n) is 6.40. The van der Waals surface area contributed by atoms with E-state index in [4.69, 9.17) is 9.47 Å². The molecule has 3 rings (SSSR count). The van der Waals surface area contributed by atoms with Crippen molar-refractivity contribution in [3.63, 3.8) is 0 Å². The van der Waals surface area contributed by atoms with Gasteiger partial charge in [-0.2, -0.15) is 0 Å². The highest BCUT2D eigenvalue weighted by Crippen LogP contribution is 2.22. The van der Waals surface area contributed by atoms with Crippen molar-refractivity contribution in [1.82, 2.24) is 15.3 Å². The summed E-state index contributed by atoms with van der Waals surface area (Å²) in [6.45, 7) is 1.95. The van der Waals surface area contributed by atoms with Gasteiger partial charge in [-0.1, -0.05) is 18.2 Å². The standard InChI is InChI=1S/C19H22FN3O3/c1-13-4-2-3-5-17(13)25-12-18(24)23-15-6-8-16(9-7-15)26-19-21-10-14(20)11-22-19/h2-5,10-11,15-16H,6-9,12H2,1H3,(H,23,24). The number of amides is 1. The van der Waals surface area contributed by atoms with E-state index in [1.54, 1.807) is 0 Å². The maximum atomic E-state index is 12.8. The molecule has 2 aromatic rings. The van der Waals surface area contributed by atoms with Crippen molar-refractivity contribution >= 4 is 5.91 Å². The molecule has 0 bridgehead atoms. The van der Waals surface area contributed by atoms with Crippen LogP contribution in [0.2, 0.25) is 0 Å². The van der Waals surface area contributed by atoms with Gasteiger partial charge in [-0.05, 0) is 44.2 Å². The van der Waals surface area contributed by atoms with Gasteiger partial charge in [-0.3, -0.25) is 4.79 Å². The second-order valence-corrected chi connectivity index (χ2v) is 6.40. The van der Waals surface area contributed by atoms with E-state index < -0.39 is 5.82 Å². The van der Waals surface area contributed by atoms with Crippen molar-refractivity contribution < 1.29 is 18.7 Å². The summed E-state index contributed by atoms with van der Waals surface area (Å²) in [6, 6.07) is 7.90. The van der Waals surface area contributed by atoms with E-state index in [1.165, 1.54) is 0 Å². The Morgan fingerprint density at radius 2 is 1.88 bits per heavy atom. The lowest BCUT2D eigenvalue weighted by atomic mass is 9.93. The Kier molecular flexibility index (Phi) is 5.99. The van der Waals surface area contributed by atoms with Crippen molar-refractivity contribution in [2.45, 2.75) is 44.8 Å². The Labute approximate surface area is 151 Å². The maximum Gasteiger partial charge on any atom is 0.316 e. The lowest BCUT2D eigenvalue weighted by molar-refractivity contribution is -0.124. The molecule has 0 aliphatic heterocycles. The highest BCUT2D eigenvalue weighted by atomic mass is 19.1. The number of carbonyl (C=O) groups is 1. The van der Waals surface area contributed by atoms with E-state index in [0.29, 0.717) is 0 Å². The van der Waals surface area contributed by atoms with Gasteiger partial charge in [-0.25, -0.2) is 14.4 Å². The van der Waals surface area contributed by atoms with Gasteiger partial charge in [0.25, 0.3) is 5.91 Å². The number of nitrogens with zero attached hydrogens (tertiary/aromatic N) is 2. The smallest absolute Gasteiger partial charge is 0.316 e. The van der Waals surface area contributed by atoms with Gasteiger partial charge in [0.15, 0.2) is 12.4 Å². The lowest BCUT2D eigenvalue weighted by Gasteiger charge is -2.28. The van der Waals surface area contributed by atoms with E-state index in [0.717, 1.165) is 49.4 Å². The first-order chi connectivity index (χ1) is 12.6. The minimum Gasteiger partial charge on any atom is -0.484 e. The zero-order valence-corrected chi connectivity index (χ0v) is 14.7. The van der Waals surface area contributed by atoms with Crippen LogP contribution in [-0.2, 0) is 4.79 Å². The van der Waals surface area contributed by atoms with E-state index in [9.17, 15) is 9.18 Å². The summed E-state index contributed by atoms with van der Waals surface area (Å²) in [5.74, 6) is 0.107. The predicted molar refractivity (Wildman–Crippen MR) is 93.5 cm³/mol. The average Bonchev–Trinajstić information content (AvgIpc) is 2.64. The highest BCUT2D eigenvalue weighted by molar-refractivity contribution is 5.77. The quantitative estimate of drug-likeness (QED) is 0.859. The molecule has 1 amide bonds. The number of rotatable bonds is 6. The number of aryl methyl sites for hydroxylation is 1. The molecular formula is C19H22FN3O3. The van der Waals surface area contributed by atoms with Gasteiger partial charge < -0.3 is 14.8 Å². The first kappa shape index (κ1) is 18.1. The van der Waals surface area contributed by atoms with Gasteiger partial charge >= 0.3 is 6.01 Å². The zero-order chi connectivity index (χ0) is 18.4. The first-order valence-electron chi connectivity index (χ1n) is 8.72. The van der Waals surface area contributed by atoms with Crippen LogP contribution < -0.4 is 14.8 Å². The zero-order valence-electron chi connectivity index (χ0n) is 14.7. The Morgan fingerprint density at radius 3 is 2.58 bits per heavy atom. The third-order valence-electron chi connectivity index (χ3n) is 4.36. The Hall–Kier alpha value is -2.70. The van der Waals surface area contributed by atoms with Crippen LogP contribution in [0.5, 0.6) is 11.8 Å². The molecule has 0 spiro atoms. The molecule has 1 aromatic heterocycles. The second kappa shape index (κ2) is 8.60. The number of carbonyl (C=O) groups excluding carboxylic acids is 1. The molecule has 1 aliphatic rings. The van der Waals surface area contributed by atoms with Gasteiger partial charge in [-0.15, -0.1) is 0 Å². The van der Waals surface area contributed by atoms with Crippen LogP contribution >= 0.6 is 0 Å². The van der Waals surface area contributed by atoms with Crippen molar-refractivity contribution in [2.24, 2.45) is 0 Å². The van der Waals surface area contributed by atoms with Gasteiger partial charge in [0.05, 0.1) is 12.4 Å². The van der Waals surface area contributed by atoms with Crippen LogP contribution in [0.25, 0.3) is 0 Å². The Bertz CT molecular complexity index is 731. The SMILES string of the molecule is Cc1ccccc1OCC(=O)NC1CCC(Oc2ncc(F)cn2)CC1. The largest absolute Gasteiger partial charge is 0.484 e. The molecule has 1 N–H and O–H groups in total. The highest BCUT2D eigenvalue weighted by Gasteiger charge is 2.24. The maximum absolute atomic E-state index is 12.8. The molecule has 0 radical (unpaired) electrons. The molecule has 0 saturated heterocycles. The van der Waals surface area contributed by atoms with E-state index in [2.05, 4.69) is 15.3 Å². The summed E-state index contributed by atoms with van der Waals surface area (Å²) < 4.78 is 24.0. The normalized spacial score (nSPS) is 19.6. The molecule has 1 heterocycles. The third kappa shape index (κ3) is 5.15. The number of hydrogen-bond acceptors (Lipinski definition) is 5. The molecule has 6 nitrogen and oxygen atoms in total. The van der Waals surface area contributed by atoms with Crippen LogP contribution in [0.1, 0.15) is 31.2 Å². The van der Waals surface area contributed by atoms with Crippen molar-refractivity contribution in [3.8, 4) is 11.8 Å². The number of ether oxygens (including phenoxy) is 2. The summed E-state index contributed by atoms with van der Waals surface area (Å²) in [5.41, 5.74) is 1.00. The molecule has 0 atom stereocenters. The summed E-state index contributed by atoms with van der Waals surface area (Å²) in [5, 5.41) is 3.00. The number of nitrogens with one attached hydrogen (secondary N) is 1. The fourth-order valence-electron chi connectivity index (χ4n) is 2.97. The van der Waals surface area contributed by atoms with Crippen LogP contribution in [0, 0.1) is 12.7 Å². The fourth-order valence-corrected chi connectivity index (χ4v) is 2.97. The molecule has 1 fully saturated rings. The number of para-hydroxylation sites is 1. The van der Waals surface area contributed by atoms with Crippen LogP contribution in [0.15, 0.2) is 36.7 Å². The number of benzene rings is 1. The molecule has 138 valence electrons. The third-order valence-corrected chi connectivity index (χ3v) is 4.36. The average molecular weight is 359 g/mol. The van der Waals surface area contributed by atoms with E-state index in [-0.39, 0.29) is 30.7 Å². The molecule has 1 aliphatic carbocycles. The summed E-state index contributed by atoms with van der Waals surface area (Å²) in [7, 11) is 0. The van der Waals surface area contributed by atoms with Crippen molar-refractivity contribution in [1.29, 1.82) is 0 Å². The Balaban J connectivity index is 1.38. The van der Waals surface area contributed by atoms with Crippen LogP contribution in [0.4, 0.5) is 4.39 Å². The van der Waals surface area contributed by atoms with Crippen molar-refractivity contribution in [2.75, 3.05) is 6.61 Å². The first-order valence-corrected chi connectivity index (χ1v) is 8.72. The number of aromatic nitrogens is 2. The molecule has 7 heteroatoms. The van der Waals surface area contributed by atoms with E-state index >= 15 is 0 Å². The monoisotopic (exact) mass is 359 g/mol. The van der Waals surface area contributed by atoms with E-state index in [1.807, 2.05) is 31.2 Å². The minimum atomic E-state index is -0.489. The molecule has 26 heavy (non-hydrogen) atoms. The van der Waals surface area contributed by atoms with Crippen molar-refractivity contribution in [3.05, 3.63) is 48.0 Å². The molecule has 1 aromatic carbocycles. The summed E-state index contributed by atoms with van der Waals surface area (Å²) in [4.78, 5) is 19.7.